The number of piperidine rings is 1. The minimum atomic E-state index is -0.401. The van der Waals surface area contributed by atoms with E-state index in [2.05, 4.69) is 29.2 Å². The predicted octanol–water partition coefficient (Wildman–Crippen LogP) is 2.22. The maximum absolute atomic E-state index is 13.1. The van der Waals surface area contributed by atoms with E-state index in [0.29, 0.717) is 12.2 Å². The molecule has 1 aromatic carbocycles. The summed E-state index contributed by atoms with van der Waals surface area (Å²) in [5.41, 5.74) is 0.180. The van der Waals surface area contributed by atoms with Crippen molar-refractivity contribution in [3.05, 3.63) is 58.3 Å². The fourth-order valence-electron chi connectivity index (χ4n) is 3.23. The topological polar surface area (TPSA) is 67.2 Å². The summed E-state index contributed by atoms with van der Waals surface area (Å²) in [5.74, 6) is 0.0321. The third kappa shape index (κ3) is 4.80. The molecule has 1 fully saturated rings. The summed E-state index contributed by atoms with van der Waals surface area (Å²) < 4.78 is 14.2. The van der Waals surface area contributed by atoms with Crippen LogP contribution >= 0.6 is 0 Å². The van der Waals surface area contributed by atoms with Crippen LogP contribution in [0.5, 0.6) is 0 Å². The van der Waals surface area contributed by atoms with E-state index in [1.807, 2.05) is 0 Å². The van der Waals surface area contributed by atoms with Crippen LogP contribution in [0.25, 0.3) is 5.69 Å². The average Bonchev–Trinajstić information content (AvgIpc) is 2.67. The van der Waals surface area contributed by atoms with Crippen LogP contribution < -0.4 is 10.9 Å². The molecule has 2 heterocycles. The van der Waals surface area contributed by atoms with Gasteiger partial charge in [0.25, 0.3) is 11.5 Å². The predicted molar refractivity (Wildman–Crippen MR) is 102 cm³/mol. The highest BCUT2D eigenvalue weighted by atomic mass is 19.1. The molecule has 1 N–H and O–H groups in total. The number of halogens is 1. The van der Waals surface area contributed by atoms with Crippen molar-refractivity contribution in [2.24, 2.45) is 5.92 Å². The van der Waals surface area contributed by atoms with Gasteiger partial charge in [-0.15, -0.1) is 0 Å². The van der Waals surface area contributed by atoms with Gasteiger partial charge >= 0.3 is 0 Å². The summed E-state index contributed by atoms with van der Waals surface area (Å²) in [6.07, 6.45) is 2.37. The molecule has 1 amide bonds. The molecule has 1 aliphatic rings. The quantitative estimate of drug-likeness (QED) is 0.874. The van der Waals surface area contributed by atoms with E-state index < -0.39 is 5.82 Å². The van der Waals surface area contributed by atoms with E-state index in [-0.39, 0.29) is 23.2 Å². The van der Waals surface area contributed by atoms with Gasteiger partial charge in [-0.05, 0) is 69.1 Å². The lowest BCUT2D eigenvalue weighted by molar-refractivity contribution is 0.0915. The number of hydrogen-bond acceptors (Lipinski definition) is 4. The monoisotopic (exact) mass is 372 g/mol. The van der Waals surface area contributed by atoms with Crippen LogP contribution in [0.1, 0.15) is 37.2 Å². The van der Waals surface area contributed by atoms with Crippen molar-refractivity contribution in [1.29, 1.82) is 0 Å². The fourth-order valence-corrected chi connectivity index (χ4v) is 3.23. The highest BCUT2D eigenvalue weighted by Crippen LogP contribution is 2.17. The molecule has 2 aromatic rings. The van der Waals surface area contributed by atoms with Gasteiger partial charge < -0.3 is 5.32 Å². The van der Waals surface area contributed by atoms with Gasteiger partial charge in [0.2, 0.25) is 0 Å². The Labute approximate surface area is 158 Å². The average molecular weight is 372 g/mol. The molecule has 1 unspecified atom stereocenters. The molecular formula is C20H25FN4O2. The smallest absolute Gasteiger partial charge is 0.271 e. The van der Waals surface area contributed by atoms with Crippen LogP contribution in [-0.2, 0) is 0 Å². The summed E-state index contributed by atoms with van der Waals surface area (Å²) >= 11 is 0. The number of benzene rings is 1. The first-order valence-corrected chi connectivity index (χ1v) is 9.32. The summed E-state index contributed by atoms with van der Waals surface area (Å²) in [4.78, 5) is 26.9. The molecule has 0 bridgehead atoms. The largest absolute Gasteiger partial charge is 0.349 e. The van der Waals surface area contributed by atoms with Gasteiger partial charge in [-0.3, -0.25) is 14.5 Å². The van der Waals surface area contributed by atoms with Crippen LogP contribution in [-0.4, -0.2) is 46.3 Å². The van der Waals surface area contributed by atoms with Gasteiger partial charge in [0.15, 0.2) is 0 Å². The van der Waals surface area contributed by atoms with Crippen LogP contribution in [0, 0.1) is 11.7 Å². The Morgan fingerprint density at radius 3 is 2.56 bits per heavy atom. The van der Waals surface area contributed by atoms with E-state index in [9.17, 15) is 14.0 Å². The number of carbonyl (C=O) groups is 1. The first-order valence-electron chi connectivity index (χ1n) is 9.32. The van der Waals surface area contributed by atoms with Gasteiger partial charge in [-0.25, -0.2) is 4.39 Å². The van der Waals surface area contributed by atoms with Crippen molar-refractivity contribution in [3.63, 3.8) is 0 Å². The van der Waals surface area contributed by atoms with Gasteiger partial charge in [-0.1, -0.05) is 6.92 Å². The molecule has 0 aliphatic carbocycles. The van der Waals surface area contributed by atoms with Crippen molar-refractivity contribution >= 4 is 5.91 Å². The lowest BCUT2D eigenvalue weighted by atomic mass is 9.98. The van der Waals surface area contributed by atoms with Crippen LogP contribution in [0.4, 0.5) is 4.39 Å². The molecule has 7 heteroatoms. The van der Waals surface area contributed by atoms with Crippen LogP contribution in [0.15, 0.2) is 41.2 Å². The Morgan fingerprint density at radius 2 is 1.89 bits per heavy atom. The number of rotatable bonds is 5. The lowest BCUT2D eigenvalue weighted by Crippen LogP contribution is -2.45. The third-order valence-corrected chi connectivity index (χ3v) is 5.10. The summed E-state index contributed by atoms with van der Waals surface area (Å²) in [6.45, 7) is 6.98. The van der Waals surface area contributed by atoms with Crippen LogP contribution in [0.2, 0.25) is 0 Å². The molecule has 0 radical (unpaired) electrons. The normalized spacial score (nSPS) is 16.9. The first-order chi connectivity index (χ1) is 12.9. The lowest BCUT2D eigenvalue weighted by Gasteiger charge is -2.34. The maximum Gasteiger partial charge on any atom is 0.271 e. The molecule has 144 valence electrons. The Morgan fingerprint density at radius 1 is 1.22 bits per heavy atom. The number of nitrogens with zero attached hydrogens (tertiary/aromatic N) is 3. The Kier molecular flexibility index (Phi) is 6.01. The van der Waals surface area contributed by atoms with Crippen molar-refractivity contribution in [3.8, 4) is 5.69 Å². The zero-order chi connectivity index (χ0) is 19.4. The van der Waals surface area contributed by atoms with Gasteiger partial charge in [-0.2, -0.15) is 9.78 Å². The standard InChI is InChI=1S/C20H25FN4O2/c1-14-9-11-24(12-10-14)15(2)13-22-20(27)18-7-8-19(26)25(23-18)17-5-3-16(21)4-6-17/h3-8,14-15H,9-13H2,1-2H3,(H,22,27). The molecule has 6 nitrogen and oxygen atoms in total. The van der Waals surface area contributed by atoms with Crippen molar-refractivity contribution < 1.29 is 9.18 Å². The Bertz CT molecular complexity index is 842. The molecule has 0 spiro atoms. The van der Waals surface area contributed by atoms with E-state index in [4.69, 9.17) is 0 Å². The van der Waals surface area contributed by atoms with Crippen molar-refractivity contribution in [1.82, 2.24) is 20.0 Å². The second-order valence-electron chi connectivity index (χ2n) is 7.22. The van der Waals surface area contributed by atoms with E-state index >= 15 is 0 Å². The Hall–Kier alpha value is -2.54. The molecule has 0 saturated carbocycles. The van der Waals surface area contributed by atoms with E-state index in [1.54, 1.807) is 0 Å². The SMILES string of the molecule is CC1CCN(C(C)CNC(=O)c2ccc(=O)n(-c3ccc(F)cc3)n2)CC1. The molecule has 1 saturated heterocycles. The Balaban J connectivity index is 1.65. The zero-order valence-electron chi connectivity index (χ0n) is 15.7. The van der Waals surface area contributed by atoms with E-state index in [1.165, 1.54) is 49.2 Å². The highest BCUT2D eigenvalue weighted by molar-refractivity contribution is 5.92. The molecule has 27 heavy (non-hydrogen) atoms. The van der Waals surface area contributed by atoms with Gasteiger partial charge in [0, 0.05) is 18.7 Å². The molecule has 1 aromatic heterocycles. The summed E-state index contributed by atoms with van der Waals surface area (Å²) in [5, 5.41) is 7.02. The number of aromatic nitrogens is 2. The third-order valence-electron chi connectivity index (χ3n) is 5.10. The maximum atomic E-state index is 13.1. The molecule has 1 atom stereocenters. The van der Waals surface area contributed by atoms with E-state index in [0.717, 1.165) is 23.7 Å². The van der Waals surface area contributed by atoms with Crippen molar-refractivity contribution in [2.45, 2.75) is 32.7 Å². The second-order valence-corrected chi connectivity index (χ2v) is 7.22. The zero-order valence-corrected chi connectivity index (χ0v) is 15.7. The minimum absolute atomic E-state index is 0.151. The van der Waals surface area contributed by atoms with Gasteiger partial charge in [0.1, 0.15) is 11.5 Å². The van der Waals surface area contributed by atoms with Gasteiger partial charge in [0.05, 0.1) is 5.69 Å². The minimum Gasteiger partial charge on any atom is -0.349 e. The second kappa shape index (κ2) is 8.43. The number of nitrogens with one attached hydrogen (secondary N) is 1. The molecule has 3 rings (SSSR count). The number of carbonyl (C=O) groups excluding carboxylic acids is 1. The number of hydrogen-bond donors (Lipinski definition) is 1. The van der Waals surface area contributed by atoms with Crippen molar-refractivity contribution in [2.75, 3.05) is 19.6 Å². The highest BCUT2D eigenvalue weighted by Gasteiger charge is 2.21. The number of amides is 1. The van der Waals surface area contributed by atoms with Crippen LogP contribution in [0.3, 0.4) is 0 Å². The summed E-state index contributed by atoms with van der Waals surface area (Å²) in [7, 11) is 0. The molecular weight excluding hydrogens is 347 g/mol. The fraction of sp³-hybridized carbons (Fsp3) is 0.450. The number of likely N-dealkylation sites (tertiary alicyclic amines) is 1. The summed E-state index contributed by atoms with van der Waals surface area (Å²) in [6, 6.07) is 8.33. The first kappa shape index (κ1) is 19.2. The molecule has 1 aliphatic heterocycles.